The zero-order valence-electron chi connectivity index (χ0n) is 9.42. The van der Waals surface area contributed by atoms with Gasteiger partial charge in [0.1, 0.15) is 0 Å². The normalized spacial score (nSPS) is 12.4. The quantitative estimate of drug-likeness (QED) is 0.620. The van der Waals surface area contributed by atoms with Gasteiger partial charge in [-0.05, 0) is 24.6 Å². The average Bonchev–Trinajstić information content (AvgIpc) is 2.26. The summed E-state index contributed by atoms with van der Waals surface area (Å²) in [6, 6.07) is 5.03. The molecule has 0 unspecified atom stereocenters. The molecule has 18 heavy (non-hydrogen) atoms. The lowest BCUT2D eigenvalue weighted by Crippen LogP contribution is -2.13. The number of alkyl halides is 3. The highest BCUT2D eigenvalue weighted by atomic mass is 35.5. The van der Waals surface area contributed by atoms with Crippen LogP contribution >= 0.6 is 11.6 Å². The fourth-order valence-electron chi connectivity index (χ4n) is 1.26. The third kappa shape index (κ3) is 4.07. The van der Waals surface area contributed by atoms with E-state index in [2.05, 4.69) is 4.74 Å². The minimum atomic E-state index is -4.64. The Bertz CT molecular complexity index is 449. The lowest BCUT2D eigenvalue weighted by molar-refractivity contribution is -0.137. The van der Waals surface area contributed by atoms with Gasteiger partial charge in [-0.3, -0.25) is 0 Å². The van der Waals surface area contributed by atoms with Gasteiger partial charge in [-0.25, -0.2) is 4.79 Å². The van der Waals surface area contributed by atoms with Crippen LogP contribution in [0, 0.1) is 0 Å². The first-order valence-electron chi connectivity index (χ1n) is 5.06. The fourth-order valence-corrected chi connectivity index (χ4v) is 1.39. The molecule has 0 fully saturated rings. The first-order valence-corrected chi connectivity index (χ1v) is 5.44. The summed E-state index contributed by atoms with van der Waals surface area (Å²) in [6.45, 7) is 1.53. The summed E-state index contributed by atoms with van der Waals surface area (Å²) >= 11 is 5.59. The number of carbonyl (C=O) groups excluding carboxylic acids is 1. The van der Waals surface area contributed by atoms with E-state index < -0.39 is 17.7 Å². The molecular formula is C12H10ClF3O2. The van der Waals surface area contributed by atoms with Crippen LogP contribution in [0.15, 0.2) is 30.3 Å². The van der Waals surface area contributed by atoms with E-state index in [9.17, 15) is 18.0 Å². The molecular weight excluding hydrogens is 269 g/mol. The second kappa shape index (κ2) is 5.91. The standard InChI is InChI=1S/C12H10ClF3O2/c1-2-18-11(17)7-10(12(14,15)16)8-3-5-9(13)6-4-8/h3-7H,2H2,1H3/b10-7-. The molecule has 0 radical (unpaired) electrons. The minimum absolute atomic E-state index is 0.0150. The molecule has 0 spiro atoms. The number of hydrogen-bond acceptors (Lipinski definition) is 2. The van der Waals surface area contributed by atoms with Crippen molar-refractivity contribution in [2.24, 2.45) is 0 Å². The highest BCUT2D eigenvalue weighted by Gasteiger charge is 2.35. The number of ether oxygens (including phenoxy) is 1. The molecule has 1 rings (SSSR count). The topological polar surface area (TPSA) is 26.3 Å². The smallest absolute Gasteiger partial charge is 0.417 e. The van der Waals surface area contributed by atoms with Gasteiger partial charge in [0.05, 0.1) is 12.2 Å². The maximum absolute atomic E-state index is 12.8. The molecule has 0 saturated carbocycles. The molecule has 0 saturated heterocycles. The van der Waals surface area contributed by atoms with Crippen LogP contribution < -0.4 is 0 Å². The molecule has 0 aromatic heterocycles. The van der Waals surface area contributed by atoms with Crippen LogP contribution in [0.5, 0.6) is 0 Å². The fraction of sp³-hybridized carbons (Fsp3) is 0.250. The lowest BCUT2D eigenvalue weighted by Gasteiger charge is -2.11. The van der Waals surface area contributed by atoms with E-state index in [-0.39, 0.29) is 12.2 Å². The molecule has 0 atom stereocenters. The number of halogens is 4. The summed E-state index contributed by atoms with van der Waals surface area (Å²) in [5, 5.41) is 0.316. The van der Waals surface area contributed by atoms with Crippen molar-refractivity contribution in [3.05, 3.63) is 40.9 Å². The Balaban J connectivity index is 3.14. The largest absolute Gasteiger partial charge is 0.463 e. The number of rotatable bonds is 3. The van der Waals surface area contributed by atoms with Gasteiger partial charge in [-0.1, -0.05) is 23.7 Å². The van der Waals surface area contributed by atoms with E-state index in [0.29, 0.717) is 11.1 Å². The molecule has 0 aliphatic rings. The molecule has 0 amide bonds. The van der Waals surface area contributed by atoms with Crippen LogP contribution in [0.1, 0.15) is 12.5 Å². The van der Waals surface area contributed by atoms with Crippen molar-refractivity contribution >= 4 is 23.1 Å². The highest BCUT2D eigenvalue weighted by molar-refractivity contribution is 6.30. The summed E-state index contributed by atoms with van der Waals surface area (Å²) in [7, 11) is 0. The third-order valence-corrected chi connectivity index (χ3v) is 2.26. The summed E-state index contributed by atoms with van der Waals surface area (Å²) in [4.78, 5) is 11.1. The van der Waals surface area contributed by atoms with Crippen LogP contribution in [0.2, 0.25) is 5.02 Å². The van der Waals surface area contributed by atoms with Crippen LogP contribution in [-0.2, 0) is 9.53 Å². The maximum Gasteiger partial charge on any atom is 0.417 e. The SMILES string of the molecule is CCOC(=O)/C=C(/c1ccc(Cl)cc1)C(F)(F)F. The van der Waals surface area contributed by atoms with E-state index in [1.807, 2.05) is 0 Å². The van der Waals surface area contributed by atoms with Gasteiger partial charge in [0, 0.05) is 11.1 Å². The van der Waals surface area contributed by atoms with E-state index in [0.717, 1.165) is 0 Å². The van der Waals surface area contributed by atoms with Gasteiger partial charge in [0.25, 0.3) is 0 Å². The molecule has 1 aromatic rings. The summed E-state index contributed by atoms with van der Waals surface area (Å²) in [6.07, 6.45) is -4.20. The summed E-state index contributed by atoms with van der Waals surface area (Å²) < 4.78 is 42.9. The molecule has 0 bridgehead atoms. The van der Waals surface area contributed by atoms with Crippen LogP contribution in [-0.4, -0.2) is 18.8 Å². The number of hydrogen-bond donors (Lipinski definition) is 0. The third-order valence-electron chi connectivity index (χ3n) is 2.01. The molecule has 6 heteroatoms. The molecule has 0 aliphatic carbocycles. The molecule has 0 N–H and O–H groups in total. The van der Waals surface area contributed by atoms with E-state index in [1.165, 1.54) is 31.2 Å². The van der Waals surface area contributed by atoms with Crippen molar-refractivity contribution in [2.75, 3.05) is 6.61 Å². The zero-order valence-corrected chi connectivity index (χ0v) is 10.2. The monoisotopic (exact) mass is 278 g/mol. The summed E-state index contributed by atoms with van der Waals surface area (Å²) in [5.41, 5.74) is -1.20. The van der Waals surface area contributed by atoms with E-state index in [1.54, 1.807) is 0 Å². The first kappa shape index (κ1) is 14.6. The van der Waals surface area contributed by atoms with Crippen LogP contribution in [0.25, 0.3) is 5.57 Å². The van der Waals surface area contributed by atoms with Crippen molar-refractivity contribution in [1.82, 2.24) is 0 Å². The Kier molecular flexibility index (Phi) is 4.78. The van der Waals surface area contributed by atoms with Crippen molar-refractivity contribution in [2.45, 2.75) is 13.1 Å². The van der Waals surface area contributed by atoms with Gasteiger partial charge in [0.2, 0.25) is 0 Å². The van der Waals surface area contributed by atoms with Crippen LogP contribution in [0.4, 0.5) is 13.2 Å². The Morgan fingerprint density at radius 1 is 1.33 bits per heavy atom. The van der Waals surface area contributed by atoms with Gasteiger partial charge >= 0.3 is 12.1 Å². The Morgan fingerprint density at radius 2 is 1.89 bits per heavy atom. The molecule has 2 nitrogen and oxygen atoms in total. The molecule has 0 aliphatic heterocycles. The number of allylic oxidation sites excluding steroid dienone is 1. The van der Waals surface area contributed by atoms with Gasteiger partial charge in [-0.15, -0.1) is 0 Å². The Labute approximate surface area is 107 Å². The molecule has 0 heterocycles. The predicted molar refractivity (Wildman–Crippen MR) is 62.1 cm³/mol. The van der Waals surface area contributed by atoms with Crippen molar-refractivity contribution in [3.8, 4) is 0 Å². The zero-order chi connectivity index (χ0) is 13.8. The highest BCUT2D eigenvalue weighted by Crippen LogP contribution is 2.34. The first-order chi connectivity index (χ1) is 8.34. The minimum Gasteiger partial charge on any atom is -0.463 e. The van der Waals surface area contributed by atoms with Crippen molar-refractivity contribution in [1.29, 1.82) is 0 Å². The number of esters is 1. The van der Waals surface area contributed by atoms with Gasteiger partial charge < -0.3 is 4.74 Å². The Morgan fingerprint density at radius 3 is 2.33 bits per heavy atom. The maximum atomic E-state index is 12.8. The summed E-state index contributed by atoms with van der Waals surface area (Å²) in [5.74, 6) is -1.03. The van der Waals surface area contributed by atoms with Gasteiger partial charge in [0.15, 0.2) is 0 Å². The van der Waals surface area contributed by atoms with E-state index in [4.69, 9.17) is 11.6 Å². The van der Waals surface area contributed by atoms with E-state index >= 15 is 0 Å². The molecule has 98 valence electrons. The predicted octanol–water partition coefficient (Wildman–Crippen LogP) is 3.85. The second-order valence-electron chi connectivity index (χ2n) is 3.31. The average molecular weight is 279 g/mol. The molecule has 1 aromatic carbocycles. The van der Waals surface area contributed by atoms with Crippen molar-refractivity contribution in [3.63, 3.8) is 0 Å². The number of benzene rings is 1. The van der Waals surface area contributed by atoms with Crippen molar-refractivity contribution < 1.29 is 22.7 Å². The number of carbonyl (C=O) groups is 1. The van der Waals surface area contributed by atoms with Gasteiger partial charge in [-0.2, -0.15) is 13.2 Å². The second-order valence-corrected chi connectivity index (χ2v) is 3.75. The van der Waals surface area contributed by atoms with Crippen LogP contribution in [0.3, 0.4) is 0 Å². The lowest BCUT2D eigenvalue weighted by atomic mass is 10.1. The Hall–Kier alpha value is -1.49.